The molecule has 1 aromatic rings. The summed E-state index contributed by atoms with van der Waals surface area (Å²) in [6.45, 7) is 0. The topological polar surface area (TPSA) is 56.3 Å². The second-order valence-corrected chi connectivity index (χ2v) is 2.31. The van der Waals surface area contributed by atoms with E-state index in [1.165, 1.54) is 19.4 Å². The van der Waals surface area contributed by atoms with Gasteiger partial charge in [0.15, 0.2) is 6.29 Å². The molecule has 0 unspecified atom stereocenters. The number of ether oxygens (including phenoxy) is 1. The number of methoxy groups -OCH3 is 1. The fourth-order valence-electron chi connectivity index (χ4n) is 0.837. The van der Waals surface area contributed by atoms with Crippen LogP contribution in [0, 0.1) is 11.8 Å². The Morgan fingerprint density at radius 3 is 3.07 bits per heavy atom. The molecule has 0 aliphatic carbocycles. The van der Waals surface area contributed by atoms with Crippen LogP contribution in [0.25, 0.3) is 0 Å². The quantitative estimate of drug-likeness (QED) is 0.365. The summed E-state index contributed by atoms with van der Waals surface area (Å²) in [5, 5.41) is 0. The van der Waals surface area contributed by atoms with Gasteiger partial charge >= 0.3 is 5.97 Å². The van der Waals surface area contributed by atoms with Crippen LogP contribution in [-0.2, 0) is 9.53 Å². The molecule has 0 spiro atoms. The van der Waals surface area contributed by atoms with Crippen LogP contribution >= 0.6 is 0 Å². The zero-order valence-corrected chi connectivity index (χ0v) is 7.48. The first kappa shape index (κ1) is 9.93. The number of aldehydes is 1. The summed E-state index contributed by atoms with van der Waals surface area (Å²) in [6.07, 6.45) is 1.92. The molecule has 4 heteroatoms. The van der Waals surface area contributed by atoms with Gasteiger partial charge in [0.25, 0.3) is 0 Å². The third-order valence-electron chi connectivity index (χ3n) is 1.43. The van der Waals surface area contributed by atoms with Crippen molar-refractivity contribution in [2.24, 2.45) is 0 Å². The molecular formula is C10H7NO3. The van der Waals surface area contributed by atoms with E-state index in [-0.39, 0.29) is 5.69 Å². The fourth-order valence-corrected chi connectivity index (χ4v) is 0.837. The highest BCUT2D eigenvalue weighted by atomic mass is 16.5. The zero-order valence-electron chi connectivity index (χ0n) is 7.48. The molecule has 0 bridgehead atoms. The molecule has 0 saturated heterocycles. The van der Waals surface area contributed by atoms with Gasteiger partial charge in [-0.3, -0.25) is 4.79 Å². The summed E-state index contributed by atoms with van der Waals surface area (Å²) in [6, 6.07) is 3.06. The van der Waals surface area contributed by atoms with Crippen molar-refractivity contribution in [3.63, 3.8) is 0 Å². The number of esters is 1. The number of hydrogen-bond acceptors (Lipinski definition) is 4. The molecule has 0 fully saturated rings. The van der Waals surface area contributed by atoms with Gasteiger partial charge in [-0.2, -0.15) is 0 Å². The van der Waals surface area contributed by atoms with Gasteiger partial charge in [0.2, 0.25) is 0 Å². The van der Waals surface area contributed by atoms with Gasteiger partial charge in [-0.1, -0.05) is 5.92 Å². The molecule has 0 radical (unpaired) electrons. The Morgan fingerprint density at radius 1 is 1.64 bits per heavy atom. The van der Waals surface area contributed by atoms with Gasteiger partial charge in [-0.05, 0) is 18.1 Å². The lowest BCUT2D eigenvalue weighted by molar-refractivity contribution is -0.103. The predicted molar refractivity (Wildman–Crippen MR) is 48.5 cm³/mol. The van der Waals surface area contributed by atoms with Crippen molar-refractivity contribution >= 4 is 12.3 Å². The number of aromatic nitrogens is 1. The standard InChI is InChI=1S/C10H7NO3/c1-14-10(13)9-7-8(3-2-6-12)4-5-11-9/h4-7H,1H3. The number of pyridine rings is 1. The Bertz CT molecular complexity index is 415. The monoisotopic (exact) mass is 189 g/mol. The Labute approximate surface area is 80.9 Å². The summed E-state index contributed by atoms with van der Waals surface area (Å²) in [7, 11) is 1.27. The zero-order chi connectivity index (χ0) is 10.4. The molecule has 1 rings (SSSR count). The highest BCUT2D eigenvalue weighted by Crippen LogP contribution is 2.01. The van der Waals surface area contributed by atoms with E-state index >= 15 is 0 Å². The highest BCUT2D eigenvalue weighted by Gasteiger charge is 2.05. The first-order chi connectivity index (χ1) is 6.77. The smallest absolute Gasteiger partial charge is 0.356 e. The lowest BCUT2D eigenvalue weighted by atomic mass is 10.2. The minimum atomic E-state index is -0.528. The van der Waals surface area contributed by atoms with E-state index in [9.17, 15) is 9.59 Å². The van der Waals surface area contributed by atoms with Gasteiger partial charge < -0.3 is 4.74 Å². The molecular weight excluding hydrogens is 182 g/mol. The minimum absolute atomic E-state index is 0.171. The maximum absolute atomic E-state index is 11.0. The summed E-state index contributed by atoms with van der Waals surface area (Å²) in [5.74, 6) is 4.26. The van der Waals surface area contributed by atoms with Crippen LogP contribution in [0.4, 0.5) is 0 Å². The fraction of sp³-hybridized carbons (Fsp3) is 0.100. The average Bonchev–Trinajstić information content (AvgIpc) is 2.25. The summed E-state index contributed by atoms with van der Waals surface area (Å²) in [4.78, 5) is 24.8. The van der Waals surface area contributed by atoms with Crippen molar-refractivity contribution in [2.75, 3.05) is 7.11 Å². The van der Waals surface area contributed by atoms with Crippen molar-refractivity contribution in [1.82, 2.24) is 4.98 Å². The Hall–Kier alpha value is -2.15. The third-order valence-corrected chi connectivity index (χ3v) is 1.43. The van der Waals surface area contributed by atoms with E-state index in [1.54, 1.807) is 6.07 Å². The molecule has 0 aliphatic rings. The van der Waals surface area contributed by atoms with Gasteiger partial charge in [-0.15, -0.1) is 0 Å². The average molecular weight is 189 g/mol. The second-order valence-electron chi connectivity index (χ2n) is 2.31. The van der Waals surface area contributed by atoms with Crippen LogP contribution in [0.5, 0.6) is 0 Å². The van der Waals surface area contributed by atoms with Crippen molar-refractivity contribution in [2.45, 2.75) is 0 Å². The van der Waals surface area contributed by atoms with Crippen LogP contribution in [-0.4, -0.2) is 24.3 Å². The molecule has 0 saturated carbocycles. The van der Waals surface area contributed by atoms with Crippen molar-refractivity contribution in [3.8, 4) is 11.8 Å². The van der Waals surface area contributed by atoms with Gasteiger partial charge in [-0.25, -0.2) is 9.78 Å². The molecule has 0 aliphatic heterocycles. The normalized spacial score (nSPS) is 8.36. The van der Waals surface area contributed by atoms with E-state index in [2.05, 4.69) is 21.6 Å². The van der Waals surface area contributed by atoms with Crippen LogP contribution < -0.4 is 0 Å². The SMILES string of the molecule is COC(=O)c1cc(C#CC=O)ccn1. The molecule has 0 N–H and O–H groups in total. The lowest BCUT2D eigenvalue weighted by Crippen LogP contribution is -2.03. The Morgan fingerprint density at radius 2 is 2.43 bits per heavy atom. The summed E-state index contributed by atoms with van der Waals surface area (Å²) in [5.41, 5.74) is 0.720. The van der Waals surface area contributed by atoms with Crippen molar-refractivity contribution < 1.29 is 14.3 Å². The van der Waals surface area contributed by atoms with E-state index in [0.29, 0.717) is 11.8 Å². The molecule has 4 nitrogen and oxygen atoms in total. The number of hydrogen-bond donors (Lipinski definition) is 0. The minimum Gasteiger partial charge on any atom is -0.464 e. The van der Waals surface area contributed by atoms with Gasteiger partial charge in [0.1, 0.15) is 5.69 Å². The molecule has 1 aromatic heterocycles. The third kappa shape index (κ3) is 2.42. The van der Waals surface area contributed by atoms with E-state index in [0.717, 1.165) is 0 Å². The van der Waals surface area contributed by atoms with Gasteiger partial charge in [0.05, 0.1) is 7.11 Å². The number of nitrogens with zero attached hydrogens (tertiary/aromatic N) is 1. The van der Waals surface area contributed by atoms with Gasteiger partial charge in [0, 0.05) is 11.8 Å². The van der Waals surface area contributed by atoms with Crippen LogP contribution in [0.3, 0.4) is 0 Å². The van der Waals surface area contributed by atoms with E-state index in [4.69, 9.17) is 0 Å². The Kier molecular flexibility index (Phi) is 3.39. The van der Waals surface area contributed by atoms with E-state index < -0.39 is 5.97 Å². The number of rotatable bonds is 1. The number of carbonyl (C=O) groups excluding carboxylic acids is 2. The molecule has 14 heavy (non-hydrogen) atoms. The second kappa shape index (κ2) is 4.77. The number of carbonyl (C=O) groups is 2. The molecule has 0 aromatic carbocycles. The predicted octanol–water partition coefficient (Wildman–Crippen LogP) is 0.419. The largest absolute Gasteiger partial charge is 0.464 e. The lowest BCUT2D eigenvalue weighted by Gasteiger charge is -1.97. The molecule has 1 heterocycles. The first-order valence-corrected chi connectivity index (χ1v) is 3.77. The van der Waals surface area contributed by atoms with E-state index in [1.807, 2.05) is 0 Å². The maximum Gasteiger partial charge on any atom is 0.356 e. The van der Waals surface area contributed by atoms with Crippen molar-refractivity contribution in [1.29, 1.82) is 0 Å². The van der Waals surface area contributed by atoms with Crippen LogP contribution in [0.15, 0.2) is 18.3 Å². The van der Waals surface area contributed by atoms with Crippen LogP contribution in [0.2, 0.25) is 0 Å². The van der Waals surface area contributed by atoms with Crippen LogP contribution in [0.1, 0.15) is 16.1 Å². The maximum atomic E-state index is 11.0. The van der Waals surface area contributed by atoms with Crippen molar-refractivity contribution in [3.05, 3.63) is 29.6 Å². The molecule has 0 amide bonds. The Balaban J connectivity index is 3.00. The molecule has 70 valence electrons. The summed E-state index contributed by atoms with van der Waals surface area (Å²) < 4.78 is 4.48. The summed E-state index contributed by atoms with van der Waals surface area (Å²) >= 11 is 0. The molecule has 0 atom stereocenters. The highest BCUT2D eigenvalue weighted by molar-refractivity contribution is 5.87. The first-order valence-electron chi connectivity index (χ1n) is 3.77.